The van der Waals surface area contributed by atoms with Crippen molar-refractivity contribution in [2.45, 2.75) is 6.42 Å². The zero-order valence-corrected chi connectivity index (χ0v) is 13.8. The van der Waals surface area contributed by atoms with E-state index in [0.29, 0.717) is 28.6 Å². The predicted octanol–water partition coefficient (Wildman–Crippen LogP) is 3.56. The van der Waals surface area contributed by atoms with Gasteiger partial charge in [0.2, 0.25) is 11.8 Å². The van der Waals surface area contributed by atoms with E-state index >= 15 is 0 Å². The van der Waals surface area contributed by atoms with Crippen molar-refractivity contribution in [2.24, 2.45) is 11.8 Å². The van der Waals surface area contributed by atoms with Crippen molar-refractivity contribution in [3.63, 3.8) is 0 Å². The standard InChI is InChI=1S/C18H17ClN2O3/c1-24-16-9-5-4-8-15(16)21-18(23)12-10-11(12)17(22)20-14-7-3-2-6-13(14)19/h2-9,11-12H,10H2,1H3,(H,20,22)(H,21,23). The van der Waals surface area contributed by atoms with Crippen LogP contribution in [0.25, 0.3) is 0 Å². The molecule has 0 heterocycles. The van der Waals surface area contributed by atoms with Gasteiger partial charge in [0.1, 0.15) is 5.75 Å². The summed E-state index contributed by atoms with van der Waals surface area (Å²) in [5.41, 5.74) is 1.15. The molecule has 2 N–H and O–H groups in total. The second kappa shape index (κ2) is 6.93. The molecule has 0 aliphatic heterocycles. The summed E-state index contributed by atoms with van der Waals surface area (Å²) in [7, 11) is 1.54. The lowest BCUT2D eigenvalue weighted by atomic mass is 10.2. The quantitative estimate of drug-likeness (QED) is 0.871. The number of carbonyl (C=O) groups is 2. The lowest BCUT2D eigenvalue weighted by molar-refractivity contribution is -0.122. The highest BCUT2D eigenvalue weighted by Crippen LogP contribution is 2.41. The highest BCUT2D eigenvalue weighted by molar-refractivity contribution is 6.33. The van der Waals surface area contributed by atoms with Crippen LogP contribution in [0.3, 0.4) is 0 Å². The van der Waals surface area contributed by atoms with Crippen molar-refractivity contribution in [1.82, 2.24) is 0 Å². The van der Waals surface area contributed by atoms with Crippen LogP contribution in [-0.2, 0) is 9.59 Å². The first kappa shape index (κ1) is 16.3. The third-order valence-corrected chi connectivity index (χ3v) is 4.29. The van der Waals surface area contributed by atoms with Gasteiger partial charge in [-0.05, 0) is 30.7 Å². The number of para-hydroxylation sites is 3. The molecule has 5 nitrogen and oxygen atoms in total. The number of nitrogens with one attached hydrogen (secondary N) is 2. The number of anilines is 2. The topological polar surface area (TPSA) is 67.4 Å². The second-order valence-corrected chi connectivity index (χ2v) is 6.01. The van der Waals surface area contributed by atoms with E-state index in [2.05, 4.69) is 10.6 Å². The fourth-order valence-electron chi connectivity index (χ4n) is 2.54. The van der Waals surface area contributed by atoms with Gasteiger partial charge < -0.3 is 15.4 Å². The monoisotopic (exact) mass is 344 g/mol. The molecule has 0 bridgehead atoms. The first-order valence-electron chi connectivity index (χ1n) is 7.59. The van der Waals surface area contributed by atoms with Gasteiger partial charge in [-0.15, -0.1) is 0 Å². The van der Waals surface area contributed by atoms with Gasteiger partial charge in [0.15, 0.2) is 0 Å². The molecule has 2 atom stereocenters. The van der Waals surface area contributed by atoms with E-state index in [-0.39, 0.29) is 23.7 Å². The van der Waals surface area contributed by atoms with Crippen LogP contribution < -0.4 is 15.4 Å². The lowest BCUT2D eigenvalue weighted by Crippen LogP contribution is -2.20. The molecule has 0 spiro atoms. The lowest BCUT2D eigenvalue weighted by Gasteiger charge is -2.10. The maximum atomic E-state index is 12.3. The summed E-state index contributed by atoms with van der Waals surface area (Å²) in [5, 5.41) is 6.05. The number of hydrogen-bond donors (Lipinski definition) is 2. The van der Waals surface area contributed by atoms with E-state index in [0.717, 1.165) is 0 Å². The minimum absolute atomic E-state index is 0.182. The molecule has 1 fully saturated rings. The average molecular weight is 345 g/mol. The number of carbonyl (C=O) groups excluding carboxylic acids is 2. The maximum Gasteiger partial charge on any atom is 0.228 e. The van der Waals surface area contributed by atoms with Gasteiger partial charge in [-0.3, -0.25) is 9.59 Å². The molecule has 2 unspecified atom stereocenters. The Bertz CT molecular complexity index is 778. The fraction of sp³-hybridized carbons (Fsp3) is 0.222. The Morgan fingerprint density at radius 2 is 1.50 bits per heavy atom. The zero-order valence-electron chi connectivity index (χ0n) is 13.1. The molecule has 2 aromatic carbocycles. The normalized spacial score (nSPS) is 18.6. The largest absolute Gasteiger partial charge is 0.495 e. The van der Waals surface area contributed by atoms with Crippen LogP contribution in [0.1, 0.15) is 6.42 Å². The van der Waals surface area contributed by atoms with Gasteiger partial charge in [-0.1, -0.05) is 35.9 Å². The third kappa shape index (κ3) is 3.51. The number of benzene rings is 2. The Labute approximate surface area is 145 Å². The van der Waals surface area contributed by atoms with Gasteiger partial charge >= 0.3 is 0 Å². The minimum Gasteiger partial charge on any atom is -0.495 e. The van der Waals surface area contributed by atoms with Crippen LogP contribution >= 0.6 is 11.6 Å². The number of amides is 2. The summed E-state index contributed by atoms with van der Waals surface area (Å²) in [6.07, 6.45) is 0.525. The Morgan fingerprint density at radius 1 is 0.958 bits per heavy atom. The number of methoxy groups -OCH3 is 1. The van der Waals surface area contributed by atoms with Crippen molar-refractivity contribution in [1.29, 1.82) is 0 Å². The SMILES string of the molecule is COc1ccccc1NC(=O)C1CC1C(=O)Nc1ccccc1Cl. The number of hydrogen-bond acceptors (Lipinski definition) is 3. The van der Waals surface area contributed by atoms with Gasteiger partial charge in [0.05, 0.1) is 35.3 Å². The van der Waals surface area contributed by atoms with Gasteiger partial charge in [-0.25, -0.2) is 0 Å². The van der Waals surface area contributed by atoms with E-state index in [1.54, 1.807) is 43.5 Å². The summed E-state index contributed by atoms with van der Waals surface area (Å²) in [5.74, 6) is -0.459. The van der Waals surface area contributed by atoms with Crippen LogP contribution in [0, 0.1) is 11.8 Å². The van der Waals surface area contributed by atoms with Crippen LogP contribution in [-0.4, -0.2) is 18.9 Å². The fourth-order valence-corrected chi connectivity index (χ4v) is 2.72. The first-order valence-corrected chi connectivity index (χ1v) is 7.97. The number of halogens is 1. The predicted molar refractivity (Wildman–Crippen MR) is 93.3 cm³/mol. The molecule has 1 aliphatic rings. The minimum atomic E-state index is -0.337. The summed E-state index contributed by atoms with van der Waals surface area (Å²) in [6, 6.07) is 14.2. The van der Waals surface area contributed by atoms with Gasteiger partial charge in [0.25, 0.3) is 0 Å². The van der Waals surface area contributed by atoms with Crippen molar-refractivity contribution < 1.29 is 14.3 Å². The summed E-state index contributed by atoms with van der Waals surface area (Å²) in [4.78, 5) is 24.5. The average Bonchev–Trinajstić information content (AvgIpc) is 3.38. The molecule has 2 amide bonds. The molecule has 0 aromatic heterocycles. The maximum absolute atomic E-state index is 12.3. The molecule has 2 aromatic rings. The summed E-state index contributed by atoms with van der Waals surface area (Å²) < 4.78 is 5.20. The van der Waals surface area contributed by atoms with E-state index in [1.807, 2.05) is 12.1 Å². The van der Waals surface area contributed by atoms with Crippen molar-refractivity contribution in [2.75, 3.05) is 17.7 Å². The Hall–Kier alpha value is -2.53. The van der Waals surface area contributed by atoms with Gasteiger partial charge in [0, 0.05) is 0 Å². The van der Waals surface area contributed by atoms with Gasteiger partial charge in [-0.2, -0.15) is 0 Å². The smallest absolute Gasteiger partial charge is 0.228 e. The molecule has 3 rings (SSSR count). The number of ether oxygens (including phenoxy) is 1. The van der Waals surface area contributed by atoms with Crippen LogP contribution in [0.15, 0.2) is 48.5 Å². The zero-order chi connectivity index (χ0) is 17.1. The molecule has 124 valence electrons. The second-order valence-electron chi connectivity index (χ2n) is 5.61. The molecule has 1 aliphatic carbocycles. The van der Waals surface area contributed by atoms with E-state index in [1.165, 1.54) is 0 Å². The molecular weight excluding hydrogens is 328 g/mol. The highest BCUT2D eigenvalue weighted by atomic mass is 35.5. The van der Waals surface area contributed by atoms with Crippen molar-refractivity contribution >= 4 is 34.8 Å². The van der Waals surface area contributed by atoms with Crippen LogP contribution in [0.4, 0.5) is 11.4 Å². The van der Waals surface area contributed by atoms with Crippen molar-refractivity contribution in [3.8, 4) is 5.75 Å². The summed E-state index contributed by atoms with van der Waals surface area (Å²) >= 11 is 6.03. The van der Waals surface area contributed by atoms with Crippen molar-refractivity contribution in [3.05, 3.63) is 53.6 Å². The third-order valence-electron chi connectivity index (χ3n) is 3.96. The molecule has 6 heteroatoms. The first-order chi connectivity index (χ1) is 11.6. The highest BCUT2D eigenvalue weighted by Gasteiger charge is 2.48. The Morgan fingerprint density at radius 3 is 2.12 bits per heavy atom. The molecule has 1 saturated carbocycles. The van der Waals surface area contributed by atoms with E-state index < -0.39 is 0 Å². The van der Waals surface area contributed by atoms with Crippen LogP contribution in [0.5, 0.6) is 5.75 Å². The number of rotatable bonds is 5. The molecule has 24 heavy (non-hydrogen) atoms. The van der Waals surface area contributed by atoms with E-state index in [4.69, 9.17) is 16.3 Å². The Kier molecular flexibility index (Phi) is 4.71. The van der Waals surface area contributed by atoms with E-state index in [9.17, 15) is 9.59 Å². The van der Waals surface area contributed by atoms with Crippen LogP contribution in [0.2, 0.25) is 5.02 Å². The molecule has 0 radical (unpaired) electrons. The molecular formula is C18H17ClN2O3. The Balaban J connectivity index is 1.59. The summed E-state index contributed by atoms with van der Waals surface area (Å²) in [6.45, 7) is 0. The molecule has 0 saturated heterocycles.